The first kappa shape index (κ1) is 16.2. The number of anilines is 1. The average Bonchev–Trinajstić information content (AvgIpc) is 2.64. The molecule has 1 saturated heterocycles. The van der Waals surface area contributed by atoms with Crippen molar-refractivity contribution in [2.75, 3.05) is 31.6 Å². The Bertz CT molecular complexity index is 703. The van der Waals surface area contributed by atoms with Crippen LogP contribution in [0.5, 0.6) is 0 Å². The molecule has 124 valence electrons. The fraction of sp³-hybridized carbons (Fsp3) is 0.263. The van der Waals surface area contributed by atoms with Crippen LogP contribution in [0.3, 0.4) is 0 Å². The van der Waals surface area contributed by atoms with E-state index in [-0.39, 0.29) is 18.4 Å². The van der Waals surface area contributed by atoms with Crippen molar-refractivity contribution in [3.8, 4) is 0 Å². The summed E-state index contributed by atoms with van der Waals surface area (Å²) < 4.78 is 5.38. The summed E-state index contributed by atoms with van der Waals surface area (Å²) in [6.07, 6.45) is -0.678. The molecule has 0 spiro atoms. The number of nitrogens with zero attached hydrogens (tertiary/aromatic N) is 2. The Labute approximate surface area is 141 Å². The lowest BCUT2D eigenvalue weighted by molar-refractivity contribution is -0.146. The van der Waals surface area contributed by atoms with Crippen molar-refractivity contribution in [1.82, 2.24) is 4.90 Å². The molecule has 5 nitrogen and oxygen atoms in total. The number of carbonyl (C=O) groups is 2. The summed E-state index contributed by atoms with van der Waals surface area (Å²) in [7, 11) is 1.51. The van der Waals surface area contributed by atoms with Gasteiger partial charge in [0.15, 0.2) is 6.10 Å². The molecular formula is C19H20N2O3. The minimum Gasteiger partial charge on any atom is -0.367 e. The van der Waals surface area contributed by atoms with E-state index in [0.29, 0.717) is 13.1 Å². The number of rotatable bonds is 4. The smallest absolute Gasteiger partial charge is 0.256 e. The molecule has 1 aliphatic heterocycles. The summed E-state index contributed by atoms with van der Waals surface area (Å²) in [5, 5.41) is 0. The van der Waals surface area contributed by atoms with Crippen molar-refractivity contribution < 1.29 is 14.3 Å². The average molecular weight is 324 g/mol. The van der Waals surface area contributed by atoms with E-state index in [1.54, 1.807) is 9.80 Å². The molecule has 1 fully saturated rings. The van der Waals surface area contributed by atoms with Crippen LogP contribution >= 0.6 is 0 Å². The lowest BCUT2D eigenvalue weighted by Gasteiger charge is -2.35. The van der Waals surface area contributed by atoms with E-state index >= 15 is 0 Å². The highest BCUT2D eigenvalue weighted by molar-refractivity contribution is 5.98. The molecule has 0 saturated carbocycles. The highest BCUT2D eigenvalue weighted by Crippen LogP contribution is 2.22. The molecule has 0 aliphatic carbocycles. The zero-order valence-corrected chi connectivity index (χ0v) is 13.6. The van der Waals surface area contributed by atoms with E-state index in [1.807, 2.05) is 60.7 Å². The Morgan fingerprint density at radius 3 is 2.21 bits per heavy atom. The van der Waals surface area contributed by atoms with Crippen molar-refractivity contribution in [3.63, 3.8) is 0 Å². The first-order valence-electron chi connectivity index (χ1n) is 7.92. The van der Waals surface area contributed by atoms with Crippen molar-refractivity contribution in [3.05, 3.63) is 66.2 Å². The fourth-order valence-corrected chi connectivity index (χ4v) is 2.92. The van der Waals surface area contributed by atoms with Gasteiger partial charge in [-0.2, -0.15) is 0 Å². The summed E-state index contributed by atoms with van der Waals surface area (Å²) in [5.41, 5.74) is 1.66. The zero-order chi connectivity index (χ0) is 16.9. The van der Waals surface area contributed by atoms with Gasteiger partial charge in [0.25, 0.3) is 5.91 Å². The number of hydrogen-bond donors (Lipinski definition) is 0. The number of ether oxygens (including phenoxy) is 1. The van der Waals surface area contributed by atoms with Crippen LogP contribution in [0.2, 0.25) is 0 Å². The van der Waals surface area contributed by atoms with Crippen molar-refractivity contribution in [2.45, 2.75) is 6.10 Å². The van der Waals surface area contributed by atoms with Gasteiger partial charge in [-0.3, -0.25) is 9.59 Å². The van der Waals surface area contributed by atoms with Crippen molar-refractivity contribution >= 4 is 17.5 Å². The number of hydrogen-bond acceptors (Lipinski definition) is 3. The summed E-state index contributed by atoms with van der Waals surface area (Å²) in [6.45, 7) is 1.05. The SMILES string of the molecule is CO[C@@H](C(=O)N1CCN(c2ccccc2)C(=O)C1)c1ccccc1. The normalized spacial score (nSPS) is 16.1. The van der Waals surface area contributed by atoms with Crippen LogP contribution in [0.25, 0.3) is 0 Å². The van der Waals surface area contributed by atoms with Gasteiger partial charge in [0.1, 0.15) is 6.54 Å². The minimum atomic E-state index is -0.678. The molecule has 0 bridgehead atoms. The third-order valence-corrected chi connectivity index (χ3v) is 4.16. The van der Waals surface area contributed by atoms with Gasteiger partial charge < -0.3 is 14.5 Å². The van der Waals surface area contributed by atoms with Crippen LogP contribution in [-0.2, 0) is 14.3 Å². The van der Waals surface area contributed by atoms with E-state index in [2.05, 4.69) is 0 Å². The Hall–Kier alpha value is -2.66. The molecule has 1 atom stereocenters. The van der Waals surface area contributed by atoms with Gasteiger partial charge in [0.05, 0.1) is 0 Å². The fourth-order valence-electron chi connectivity index (χ4n) is 2.92. The van der Waals surface area contributed by atoms with Crippen molar-refractivity contribution in [2.24, 2.45) is 0 Å². The maximum atomic E-state index is 12.7. The number of carbonyl (C=O) groups excluding carboxylic acids is 2. The molecule has 0 radical (unpaired) electrons. The summed E-state index contributed by atoms with van der Waals surface area (Å²) >= 11 is 0. The van der Waals surface area contributed by atoms with E-state index in [4.69, 9.17) is 4.74 Å². The summed E-state index contributed by atoms with van der Waals surface area (Å²) in [4.78, 5) is 28.5. The lowest BCUT2D eigenvalue weighted by atomic mass is 10.1. The molecule has 2 amide bonds. The maximum absolute atomic E-state index is 12.7. The topological polar surface area (TPSA) is 49.9 Å². The monoisotopic (exact) mass is 324 g/mol. The molecule has 0 aromatic heterocycles. The van der Waals surface area contributed by atoms with E-state index in [1.165, 1.54) is 7.11 Å². The van der Waals surface area contributed by atoms with Crippen LogP contribution in [0, 0.1) is 0 Å². The van der Waals surface area contributed by atoms with Gasteiger partial charge in [-0.1, -0.05) is 48.5 Å². The second-order valence-electron chi connectivity index (χ2n) is 5.67. The Morgan fingerprint density at radius 2 is 1.62 bits per heavy atom. The van der Waals surface area contributed by atoms with Gasteiger partial charge in [-0.15, -0.1) is 0 Å². The number of methoxy groups -OCH3 is 1. The number of piperazine rings is 1. The number of amides is 2. The summed E-state index contributed by atoms with van der Waals surface area (Å²) in [6, 6.07) is 18.9. The highest BCUT2D eigenvalue weighted by atomic mass is 16.5. The Balaban J connectivity index is 1.71. The number of para-hydroxylation sites is 1. The summed E-state index contributed by atoms with van der Waals surface area (Å²) in [5.74, 6) is -0.256. The number of benzene rings is 2. The zero-order valence-electron chi connectivity index (χ0n) is 13.6. The van der Waals surface area contributed by atoms with Crippen LogP contribution in [0.4, 0.5) is 5.69 Å². The van der Waals surface area contributed by atoms with Crippen molar-refractivity contribution in [1.29, 1.82) is 0 Å². The standard InChI is InChI=1S/C19H20N2O3/c1-24-18(15-8-4-2-5-9-15)19(23)20-12-13-21(17(22)14-20)16-10-6-3-7-11-16/h2-11,18H,12-14H2,1H3/t18-/m1/s1. The third kappa shape index (κ3) is 3.31. The highest BCUT2D eigenvalue weighted by Gasteiger charge is 2.32. The second-order valence-corrected chi connectivity index (χ2v) is 5.67. The molecule has 0 N–H and O–H groups in total. The van der Waals surface area contributed by atoms with Crippen LogP contribution in [0.1, 0.15) is 11.7 Å². The molecular weight excluding hydrogens is 304 g/mol. The Morgan fingerprint density at radius 1 is 1.00 bits per heavy atom. The Kier molecular flexibility index (Phi) is 4.91. The molecule has 24 heavy (non-hydrogen) atoms. The van der Waals surface area contributed by atoms with Gasteiger partial charge in [0.2, 0.25) is 5.91 Å². The largest absolute Gasteiger partial charge is 0.367 e. The van der Waals surface area contributed by atoms with Gasteiger partial charge in [-0.05, 0) is 17.7 Å². The van der Waals surface area contributed by atoms with Crippen LogP contribution in [0.15, 0.2) is 60.7 Å². The second kappa shape index (κ2) is 7.27. The molecule has 2 aromatic carbocycles. The van der Waals surface area contributed by atoms with E-state index < -0.39 is 6.10 Å². The van der Waals surface area contributed by atoms with E-state index in [9.17, 15) is 9.59 Å². The first-order chi connectivity index (χ1) is 11.7. The molecule has 3 rings (SSSR count). The van der Waals surface area contributed by atoms with Gasteiger partial charge in [-0.25, -0.2) is 0 Å². The van der Waals surface area contributed by atoms with Gasteiger partial charge in [0, 0.05) is 25.9 Å². The molecule has 2 aromatic rings. The van der Waals surface area contributed by atoms with Crippen LogP contribution in [-0.4, -0.2) is 43.5 Å². The quantitative estimate of drug-likeness (QED) is 0.867. The minimum absolute atomic E-state index is 0.0699. The van der Waals surface area contributed by atoms with E-state index in [0.717, 1.165) is 11.3 Å². The molecule has 5 heteroatoms. The third-order valence-electron chi connectivity index (χ3n) is 4.16. The first-order valence-corrected chi connectivity index (χ1v) is 7.92. The predicted molar refractivity (Wildman–Crippen MR) is 91.6 cm³/mol. The van der Waals surface area contributed by atoms with Gasteiger partial charge >= 0.3 is 0 Å². The van der Waals surface area contributed by atoms with Crippen LogP contribution < -0.4 is 4.90 Å². The molecule has 1 heterocycles. The predicted octanol–water partition coefficient (Wildman–Crippen LogP) is 2.25. The molecule has 0 unspecified atom stereocenters. The lowest BCUT2D eigenvalue weighted by Crippen LogP contribution is -2.53. The molecule has 1 aliphatic rings. The maximum Gasteiger partial charge on any atom is 0.256 e.